The Morgan fingerprint density at radius 2 is 2.00 bits per heavy atom. The second kappa shape index (κ2) is 5.41. The molecule has 3 N–H and O–H groups in total. The fourth-order valence-corrected chi connectivity index (χ4v) is 2.77. The van der Waals surface area contributed by atoms with Gasteiger partial charge in [0.2, 0.25) is 10.0 Å². The van der Waals surface area contributed by atoms with Gasteiger partial charge in [-0.1, -0.05) is 30.3 Å². The molecule has 0 fully saturated rings. The fraction of sp³-hybridized carbons (Fsp3) is 0.250. The van der Waals surface area contributed by atoms with Crippen LogP contribution in [0, 0.1) is 0 Å². The summed E-state index contributed by atoms with van der Waals surface area (Å²) in [6.45, 7) is 2.59. The zero-order valence-corrected chi connectivity index (χ0v) is 11.4. The van der Waals surface area contributed by atoms with E-state index in [2.05, 4.69) is 9.82 Å². The molecule has 0 aliphatic heterocycles. The van der Waals surface area contributed by atoms with E-state index >= 15 is 0 Å². The maximum Gasteiger partial charge on any atom is 0.246 e. The molecule has 0 spiro atoms. The van der Waals surface area contributed by atoms with E-state index in [9.17, 15) is 8.42 Å². The molecule has 2 aromatic rings. The van der Waals surface area contributed by atoms with Crippen LogP contribution >= 0.6 is 0 Å². The Labute approximate surface area is 112 Å². The molecule has 19 heavy (non-hydrogen) atoms. The van der Waals surface area contributed by atoms with Gasteiger partial charge in [0.15, 0.2) is 0 Å². The summed E-state index contributed by atoms with van der Waals surface area (Å²) in [5.74, 6) is 0.156. The maximum atomic E-state index is 12.1. The van der Waals surface area contributed by atoms with Gasteiger partial charge < -0.3 is 5.73 Å². The molecule has 7 heteroatoms. The van der Waals surface area contributed by atoms with Gasteiger partial charge in [0, 0.05) is 13.1 Å². The van der Waals surface area contributed by atoms with Crippen LogP contribution in [0.3, 0.4) is 0 Å². The molecule has 0 radical (unpaired) electrons. The minimum atomic E-state index is -3.64. The van der Waals surface area contributed by atoms with Crippen molar-refractivity contribution < 1.29 is 8.42 Å². The Balaban J connectivity index is 2.16. The van der Waals surface area contributed by atoms with Crippen molar-refractivity contribution in [2.45, 2.75) is 24.9 Å². The number of anilines is 1. The predicted molar refractivity (Wildman–Crippen MR) is 72.8 cm³/mol. The topological polar surface area (TPSA) is 90.0 Å². The first-order valence-corrected chi connectivity index (χ1v) is 7.38. The molecule has 6 nitrogen and oxygen atoms in total. The smallest absolute Gasteiger partial charge is 0.246 e. The van der Waals surface area contributed by atoms with Crippen molar-refractivity contribution >= 4 is 15.8 Å². The predicted octanol–water partition coefficient (Wildman–Crippen LogP) is 0.964. The summed E-state index contributed by atoms with van der Waals surface area (Å²) in [7, 11) is -3.64. The van der Waals surface area contributed by atoms with Gasteiger partial charge in [0.1, 0.15) is 10.7 Å². The molecular formula is C12H16N4O2S. The Kier molecular flexibility index (Phi) is 3.87. The van der Waals surface area contributed by atoms with Gasteiger partial charge in [0.05, 0.1) is 6.20 Å². The Morgan fingerprint density at radius 1 is 1.32 bits per heavy atom. The highest BCUT2D eigenvalue weighted by Crippen LogP contribution is 2.17. The van der Waals surface area contributed by atoms with Crippen LogP contribution in [0.2, 0.25) is 0 Å². The van der Waals surface area contributed by atoms with E-state index in [0.717, 1.165) is 5.56 Å². The van der Waals surface area contributed by atoms with E-state index in [1.54, 1.807) is 0 Å². The lowest BCUT2D eigenvalue weighted by Crippen LogP contribution is -2.24. The average molecular weight is 280 g/mol. The molecule has 1 aromatic heterocycles. The first-order chi connectivity index (χ1) is 9.04. The van der Waals surface area contributed by atoms with Gasteiger partial charge in [-0.25, -0.2) is 17.8 Å². The lowest BCUT2D eigenvalue weighted by molar-refractivity contribution is 0.581. The lowest BCUT2D eigenvalue weighted by atomic mass is 10.2. The number of nitrogens with two attached hydrogens (primary N) is 1. The molecule has 0 saturated carbocycles. The largest absolute Gasteiger partial charge is 0.383 e. The summed E-state index contributed by atoms with van der Waals surface area (Å²) in [6.07, 6.45) is 1.27. The minimum absolute atomic E-state index is 0.0188. The van der Waals surface area contributed by atoms with E-state index < -0.39 is 10.0 Å². The fourth-order valence-electron chi connectivity index (χ4n) is 1.69. The van der Waals surface area contributed by atoms with Crippen molar-refractivity contribution in [2.24, 2.45) is 0 Å². The summed E-state index contributed by atoms with van der Waals surface area (Å²) < 4.78 is 28.2. The van der Waals surface area contributed by atoms with E-state index in [0.29, 0.717) is 6.54 Å². The van der Waals surface area contributed by atoms with Crippen molar-refractivity contribution in [1.82, 2.24) is 14.5 Å². The highest BCUT2D eigenvalue weighted by atomic mass is 32.2. The second-order valence-corrected chi connectivity index (χ2v) is 5.76. The first-order valence-electron chi connectivity index (χ1n) is 5.89. The number of nitrogen functional groups attached to an aromatic ring is 1. The van der Waals surface area contributed by atoms with Crippen LogP contribution in [0.4, 0.5) is 5.82 Å². The molecule has 0 saturated heterocycles. The summed E-state index contributed by atoms with van der Waals surface area (Å²) in [4.78, 5) is 0.0188. The summed E-state index contributed by atoms with van der Waals surface area (Å²) in [5.41, 5.74) is 6.63. The minimum Gasteiger partial charge on any atom is -0.383 e. The van der Waals surface area contributed by atoms with Crippen LogP contribution in [-0.4, -0.2) is 18.2 Å². The van der Waals surface area contributed by atoms with E-state index in [4.69, 9.17) is 5.73 Å². The highest BCUT2D eigenvalue weighted by Gasteiger charge is 2.20. The molecule has 102 valence electrons. The molecule has 0 atom stereocenters. The number of hydrogen-bond acceptors (Lipinski definition) is 4. The maximum absolute atomic E-state index is 12.1. The van der Waals surface area contributed by atoms with Crippen molar-refractivity contribution in [1.29, 1.82) is 0 Å². The van der Waals surface area contributed by atoms with Gasteiger partial charge in [-0.05, 0) is 12.5 Å². The van der Waals surface area contributed by atoms with Crippen molar-refractivity contribution in [3.8, 4) is 0 Å². The zero-order valence-electron chi connectivity index (χ0n) is 10.6. The SMILES string of the molecule is CCn1ncc(S(=O)(=O)NCc2ccccc2)c1N. The quantitative estimate of drug-likeness (QED) is 0.853. The van der Waals surface area contributed by atoms with Crippen LogP contribution in [0.1, 0.15) is 12.5 Å². The molecule has 0 aliphatic carbocycles. The van der Waals surface area contributed by atoms with Gasteiger partial charge in [-0.3, -0.25) is 0 Å². The number of rotatable bonds is 5. The van der Waals surface area contributed by atoms with Crippen LogP contribution in [0.15, 0.2) is 41.4 Å². The molecule has 0 bridgehead atoms. The van der Waals surface area contributed by atoms with Gasteiger partial charge in [-0.15, -0.1) is 0 Å². The van der Waals surface area contributed by atoms with E-state index in [-0.39, 0.29) is 17.3 Å². The Morgan fingerprint density at radius 3 is 2.58 bits per heavy atom. The third-order valence-corrected chi connectivity index (χ3v) is 4.16. The van der Waals surface area contributed by atoms with Crippen LogP contribution in [0.5, 0.6) is 0 Å². The number of nitrogens with zero attached hydrogens (tertiary/aromatic N) is 2. The Hall–Kier alpha value is -1.86. The van der Waals surface area contributed by atoms with E-state index in [1.165, 1.54) is 10.9 Å². The van der Waals surface area contributed by atoms with Crippen LogP contribution in [-0.2, 0) is 23.1 Å². The molecule has 0 aliphatic rings. The number of benzene rings is 1. The first kappa shape index (κ1) is 13.6. The summed E-state index contributed by atoms with van der Waals surface area (Å²) in [6, 6.07) is 9.28. The van der Waals surface area contributed by atoms with E-state index in [1.807, 2.05) is 37.3 Å². The van der Waals surface area contributed by atoms with Gasteiger partial charge in [0.25, 0.3) is 0 Å². The number of sulfonamides is 1. The van der Waals surface area contributed by atoms with Gasteiger partial charge in [-0.2, -0.15) is 5.10 Å². The number of nitrogens with one attached hydrogen (secondary N) is 1. The third-order valence-electron chi connectivity index (χ3n) is 2.74. The van der Waals surface area contributed by atoms with Crippen LogP contribution in [0.25, 0.3) is 0 Å². The molecule has 2 rings (SSSR count). The average Bonchev–Trinajstić information content (AvgIpc) is 2.79. The number of hydrogen-bond donors (Lipinski definition) is 2. The highest BCUT2D eigenvalue weighted by molar-refractivity contribution is 7.89. The normalized spacial score (nSPS) is 11.6. The third kappa shape index (κ3) is 2.94. The lowest BCUT2D eigenvalue weighted by Gasteiger charge is -2.06. The van der Waals surface area contributed by atoms with Crippen molar-refractivity contribution in [3.63, 3.8) is 0 Å². The molecule has 0 amide bonds. The molecule has 0 unspecified atom stereocenters. The summed E-state index contributed by atoms with van der Waals surface area (Å²) >= 11 is 0. The van der Waals surface area contributed by atoms with Crippen molar-refractivity contribution in [2.75, 3.05) is 5.73 Å². The summed E-state index contributed by atoms with van der Waals surface area (Å²) in [5, 5.41) is 3.93. The van der Waals surface area contributed by atoms with Crippen LogP contribution < -0.4 is 10.5 Å². The number of aromatic nitrogens is 2. The van der Waals surface area contributed by atoms with Gasteiger partial charge >= 0.3 is 0 Å². The number of aryl methyl sites for hydroxylation is 1. The zero-order chi connectivity index (χ0) is 13.9. The second-order valence-electron chi connectivity index (χ2n) is 4.02. The molecule has 1 heterocycles. The Bertz CT molecular complexity index is 650. The standard InChI is InChI=1S/C12H16N4O2S/c1-2-16-12(13)11(9-14-16)19(17,18)15-8-10-6-4-3-5-7-10/h3-7,9,15H,2,8,13H2,1H3. The van der Waals surface area contributed by atoms with Crippen molar-refractivity contribution in [3.05, 3.63) is 42.1 Å². The molecular weight excluding hydrogens is 264 g/mol. The monoisotopic (exact) mass is 280 g/mol. The molecule has 1 aromatic carbocycles.